The van der Waals surface area contributed by atoms with E-state index in [9.17, 15) is 22.8 Å². The van der Waals surface area contributed by atoms with Gasteiger partial charge in [0.1, 0.15) is 5.75 Å². The Balaban J connectivity index is 1.91. The van der Waals surface area contributed by atoms with E-state index in [1.807, 2.05) is 25.3 Å². The summed E-state index contributed by atoms with van der Waals surface area (Å²) in [5, 5.41) is 6.41. The van der Waals surface area contributed by atoms with E-state index in [1.165, 1.54) is 24.1 Å². The van der Waals surface area contributed by atoms with Crippen LogP contribution in [0.3, 0.4) is 0 Å². The third-order valence-electron chi connectivity index (χ3n) is 5.54. The van der Waals surface area contributed by atoms with Gasteiger partial charge in [-0.3, -0.25) is 4.79 Å². The van der Waals surface area contributed by atoms with Crippen molar-refractivity contribution in [3.05, 3.63) is 59.1 Å². The number of anilines is 1. The maximum Gasteiger partial charge on any atom is 0.573 e. The van der Waals surface area contributed by atoms with Gasteiger partial charge in [0, 0.05) is 17.4 Å². The van der Waals surface area contributed by atoms with Crippen molar-refractivity contribution in [1.29, 1.82) is 0 Å². The van der Waals surface area contributed by atoms with E-state index in [0.717, 1.165) is 41.2 Å². The standard InChI is InChI=1S/C24H25ClF3N3O3S/c1-16(32)31(19-9-11-20(12-10-19)34-24(26,27)28)22(33)30-15-23(2,13-4-14-35-3)21(29-30)17-5-7-18(25)8-6-17/h5-12H,4,13-15H2,1-3H3. The number of imide groups is 1. The van der Waals surface area contributed by atoms with Crippen LogP contribution in [-0.2, 0) is 4.79 Å². The van der Waals surface area contributed by atoms with Crippen molar-refractivity contribution in [3.63, 3.8) is 0 Å². The minimum atomic E-state index is -4.85. The smallest absolute Gasteiger partial charge is 0.406 e. The van der Waals surface area contributed by atoms with Crippen molar-refractivity contribution in [2.45, 2.75) is 33.1 Å². The molecule has 0 radical (unpaired) electrons. The van der Waals surface area contributed by atoms with E-state index in [-0.39, 0.29) is 12.2 Å². The number of amides is 3. The number of nitrogens with zero attached hydrogens (tertiary/aromatic N) is 3. The molecule has 0 saturated carbocycles. The number of urea groups is 1. The van der Waals surface area contributed by atoms with Gasteiger partial charge in [-0.2, -0.15) is 16.9 Å². The first-order valence-corrected chi connectivity index (χ1v) is 12.5. The molecule has 3 rings (SSSR count). The zero-order valence-electron chi connectivity index (χ0n) is 19.4. The fourth-order valence-corrected chi connectivity index (χ4v) is 4.51. The molecule has 2 aromatic carbocycles. The van der Waals surface area contributed by atoms with Crippen LogP contribution in [0, 0.1) is 5.41 Å². The molecule has 188 valence electrons. The number of carbonyl (C=O) groups excluding carboxylic acids is 2. The number of halogens is 4. The molecule has 2 aromatic rings. The normalized spacial score (nSPS) is 17.8. The lowest BCUT2D eigenvalue weighted by molar-refractivity contribution is -0.274. The van der Waals surface area contributed by atoms with Crippen LogP contribution in [0.1, 0.15) is 32.3 Å². The maximum absolute atomic E-state index is 13.4. The molecule has 35 heavy (non-hydrogen) atoms. The molecule has 1 aliphatic heterocycles. The molecule has 1 atom stereocenters. The van der Waals surface area contributed by atoms with E-state index in [4.69, 9.17) is 11.6 Å². The van der Waals surface area contributed by atoms with Gasteiger partial charge in [0.25, 0.3) is 0 Å². The molecule has 0 saturated heterocycles. The molecule has 11 heteroatoms. The monoisotopic (exact) mass is 527 g/mol. The molecule has 0 aromatic heterocycles. The molecule has 1 heterocycles. The quantitative estimate of drug-likeness (QED) is 0.381. The average Bonchev–Trinajstić information content (AvgIpc) is 3.12. The molecule has 6 nitrogen and oxygen atoms in total. The van der Waals surface area contributed by atoms with Crippen molar-refractivity contribution >= 4 is 46.7 Å². The molecular weight excluding hydrogens is 503 g/mol. The maximum atomic E-state index is 13.4. The Hall–Kier alpha value is -2.72. The Morgan fingerprint density at radius 1 is 1.17 bits per heavy atom. The first-order valence-electron chi connectivity index (χ1n) is 10.8. The number of benzene rings is 2. The number of hydrogen-bond donors (Lipinski definition) is 0. The minimum absolute atomic E-state index is 0.108. The molecule has 1 aliphatic rings. The zero-order chi connectivity index (χ0) is 25.8. The van der Waals surface area contributed by atoms with Gasteiger partial charge in [0.15, 0.2) is 0 Å². The van der Waals surface area contributed by atoms with Gasteiger partial charge in [-0.25, -0.2) is 14.7 Å². The first-order chi connectivity index (χ1) is 16.4. The second kappa shape index (κ2) is 10.9. The van der Waals surface area contributed by atoms with Gasteiger partial charge in [-0.05, 0) is 66.8 Å². The number of thioether (sulfide) groups is 1. The number of hydrogen-bond acceptors (Lipinski definition) is 5. The Labute approximate surface area is 211 Å². The number of hydrazone groups is 1. The summed E-state index contributed by atoms with van der Waals surface area (Å²) < 4.78 is 41.3. The summed E-state index contributed by atoms with van der Waals surface area (Å²) in [7, 11) is 0. The second-order valence-corrected chi connectivity index (χ2v) is 9.77. The van der Waals surface area contributed by atoms with E-state index >= 15 is 0 Å². The van der Waals surface area contributed by atoms with Gasteiger partial charge in [-0.15, -0.1) is 13.2 Å². The van der Waals surface area contributed by atoms with Crippen LogP contribution in [-0.4, -0.2) is 47.6 Å². The Morgan fingerprint density at radius 3 is 2.34 bits per heavy atom. The molecule has 1 unspecified atom stereocenters. The number of carbonyl (C=O) groups is 2. The molecule has 0 aliphatic carbocycles. The highest BCUT2D eigenvalue weighted by Gasteiger charge is 2.42. The summed E-state index contributed by atoms with van der Waals surface area (Å²) in [5.74, 6) is -0.106. The highest BCUT2D eigenvalue weighted by molar-refractivity contribution is 7.98. The van der Waals surface area contributed by atoms with E-state index < -0.39 is 29.5 Å². The van der Waals surface area contributed by atoms with Crippen LogP contribution in [0.5, 0.6) is 5.75 Å². The zero-order valence-corrected chi connectivity index (χ0v) is 21.0. The van der Waals surface area contributed by atoms with E-state index in [0.29, 0.717) is 10.7 Å². The lowest BCUT2D eigenvalue weighted by Crippen LogP contribution is -2.44. The lowest BCUT2D eigenvalue weighted by Gasteiger charge is -2.28. The molecular formula is C24H25ClF3N3O3S. The second-order valence-electron chi connectivity index (χ2n) is 8.35. The highest BCUT2D eigenvalue weighted by Crippen LogP contribution is 2.37. The van der Waals surface area contributed by atoms with Gasteiger partial charge < -0.3 is 4.74 Å². The Kier molecular flexibility index (Phi) is 8.38. The fourth-order valence-electron chi connectivity index (χ4n) is 3.95. The van der Waals surface area contributed by atoms with Crippen molar-refractivity contribution in [1.82, 2.24) is 5.01 Å². The SMILES string of the molecule is CSCCCC1(C)CN(C(=O)N(C(C)=O)c2ccc(OC(F)(F)F)cc2)N=C1c1ccc(Cl)cc1. The summed E-state index contributed by atoms with van der Waals surface area (Å²) in [5.41, 5.74) is 1.17. The largest absolute Gasteiger partial charge is 0.573 e. The van der Waals surface area contributed by atoms with Crippen LogP contribution >= 0.6 is 23.4 Å². The summed E-state index contributed by atoms with van der Waals surface area (Å²) >= 11 is 7.77. The van der Waals surface area contributed by atoms with Crippen LogP contribution in [0.15, 0.2) is 53.6 Å². The topological polar surface area (TPSA) is 62.2 Å². The van der Waals surface area contributed by atoms with Gasteiger partial charge in [0.2, 0.25) is 5.91 Å². The van der Waals surface area contributed by atoms with E-state index in [2.05, 4.69) is 9.84 Å². The summed E-state index contributed by atoms with van der Waals surface area (Å²) in [4.78, 5) is 26.7. The van der Waals surface area contributed by atoms with Crippen molar-refractivity contribution in [3.8, 4) is 5.75 Å². The Bertz CT molecular complexity index is 1090. The number of rotatable bonds is 7. The van der Waals surface area contributed by atoms with Crippen molar-refractivity contribution < 1.29 is 27.5 Å². The number of ether oxygens (including phenoxy) is 1. The van der Waals surface area contributed by atoms with Crippen LogP contribution < -0.4 is 9.64 Å². The van der Waals surface area contributed by atoms with Crippen molar-refractivity contribution in [2.75, 3.05) is 23.5 Å². The first kappa shape index (κ1) is 26.9. The fraction of sp³-hybridized carbons (Fsp3) is 0.375. The van der Waals surface area contributed by atoms with Gasteiger partial charge >= 0.3 is 12.4 Å². The minimum Gasteiger partial charge on any atom is -0.406 e. The Morgan fingerprint density at radius 2 is 1.80 bits per heavy atom. The third-order valence-corrected chi connectivity index (χ3v) is 6.49. The molecule has 0 bridgehead atoms. The van der Waals surface area contributed by atoms with Gasteiger partial charge in [-0.1, -0.05) is 30.7 Å². The lowest BCUT2D eigenvalue weighted by atomic mass is 9.78. The van der Waals surface area contributed by atoms with Crippen LogP contribution in [0.25, 0.3) is 0 Å². The molecule has 0 N–H and O–H groups in total. The third kappa shape index (κ3) is 6.70. The summed E-state index contributed by atoms with van der Waals surface area (Å²) in [6, 6.07) is 11.0. The molecule has 0 fully saturated rings. The number of alkyl halides is 3. The predicted octanol–water partition coefficient (Wildman–Crippen LogP) is 6.58. The van der Waals surface area contributed by atoms with Crippen LogP contribution in [0.4, 0.5) is 23.7 Å². The van der Waals surface area contributed by atoms with Crippen molar-refractivity contribution in [2.24, 2.45) is 10.5 Å². The van der Waals surface area contributed by atoms with Crippen LogP contribution in [0.2, 0.25) is 5.02 Å². The summed E-state index contributed by atoms with van der Waals surface area (Å²) in [6.45, 7) is 3.47. The highest BCUT2D eigenvalue weighted by atomic mass is 35.5. The average molecular weight is 528 g/mol. The van der Waals surface area contributed by atoms with Gasteiger partial charge in [0.05, 0.1) is 17.9 Å². The molecule has 0 spiro atoms. The van der Waals surface area contributed by atoms with E-state index in [1.54, 1.807) is 23.9 Å². The molecule has 3 amide bonds. The summed E-state index contributed by atoms with van der Waals surface area (Å²) in [6.07, 6.45) is -1.15. The predicted molar refractivity (Wildman–Crippen MR) is 132 cm³/mol.